The number of carbonyl (C=O) groups is 1. The molecule has 5 nitrogen and oxygen atoms in total. The number of aromatic hydroxyl groups is 1. The molecule has 0 unspecified atom stereocenters. The predicted octanol–water partition coefficient (Wildman–Crippen LogP) is 5.70. The predicted molar refractivity (Wildman–Crippen MR) is 146 cm³/mol. The molecule has 3 aromatic rings. The highest BCUT2D eigenvalue weighted by atomic mass is 19.1. The van der Waals surface area contributed by atoms with Crippen LogP contribution in [0.4, 0.5) is 4.39 Å². The van der Waals surface area contributed by atoms with Gasteiger partial charge in [-0.1, -0.05) is 42.5 Å². The van der Waals surface area contributed by atoms with Crippen molar-refractivity contribution in [3.8, 4) is 5.75 Å². The molecule has 3 atom stereocenters. The van der Waals surface area contributed by atoms with Crippen molar-refractivity contribution in [3.05, 3.63) is 101 Å². The summed E-state index contributed by atoms with van der Waals surface area (Å²) in [5, 5.41) is 10.3. The van der Waals surface area contributed by atoms with E-state index in [2.05, 4.69) is 23.6 Å². The lowest BCUT2D eigenvalue weighted by Gasteiger charge is -2.47. The van der Waals surface area contributed by atoms with Gasteiger partial charge in [0.25, 0.3) is 5.91 Å². The molecule has 4 rings (SSSR count). The SMILES string of the molecule is CCN(CC)C(=O)c1ccc([C@H](c2cccc(O)c2)N2C[C@@H](C)N(Cc3ccccc3F)C[C@@H]2C)cc1. The van der Waals surface area contributed by atoms with Gasteiger partial charge in [-0.2, -0.15) is 0 Å². The molecule has 6 heteroatoms. The summed E-state index contributed by atoms with van der Waals surface area (Å²) in [6, 6.07) is 22.6. The maximum Gasteiger partial charge on any atom is 0.253 e. The molecule has 1 saturated heterocycles. The van der Waals surface area contributed by atoms with Gasteiger partial charge >= 0.3 is 0 Å². The zero-order valence-corrected chi connectivity index (χ0v) is 22.3. The zero-order valence-electron chi connectivity index (χ0n) is 22.3. The number of hydrogen-bond donors (Lipinski definition) is 1. The van der Waals surface area contributed by atoms with Crippen molar-refractivity contribution < 1.29 is 14.3 Å². The summed E-state index contributed by atoms with van der Waals surface area (Å²) in [6.45, 7) is 11.9. The summed E-state index contributed by atoms with van der Waals surface area (Å²) >= 11 is 0. The zero-order chi connectivity index (χ0) is 26.5. The van der Waals surface area contributed by atoms with Crippen molar-refractivity contribution in [2.24, 2.45) is 0 Å². The van der Waals surface area contributed by atoms with Crippen LogP contribution < -0.4 is 0 Å². The Bertz CT molecular complexity index is 1200. The number of phenols is 1. The monoisotopic (exact) mass is 503 g/mol. The van der Waals surface area contributed by atoms with E-state index < -0.39 is 0 Å². The molecule has 1 N–H and O–H groups in total. The van der Waals surface area contributed by atoms with E-state index in [0.29, 0.717) is 30.8 Å². The van der Waals surface area contributed by atoms with Crippen molar-refractivity contribution in [3.63, 3.8) is 0 Å². The number of amides is 1. The van der Waals surface area contributed by atoms with Gasteiger partial charge in [0.15, 0.2) is 0 Å². The van der Waals surface area contributed by atoms with Crippen LogP contribution in [0.1, 0.15) is 60.8 Å². The van der Waals surface area contributed by atoms with Gasteiger partial charge in [0, 0.05) is 55.9 Å². The Kier molecular flexibility index (Phi) is 8.62. The third-order valence-electron chi connectivity index (χ3n) is 7.54. The molecule has 1 aliphatic heterocycles. The Balaban J connectivity index is 1.62. The summed E-state index contributed by atoms with van der Waals surface area (Å²) in [6.07, 6.45) is 0. The molecule has 1 aliphatic rings. The number of halogens is 1. The van der Waals surface area contributed by atoms with Crippen LogP contribution in [0, 0.1) is 5.82 Å². The summed E-state index contributed by atoms with van der Waals surface area (Å²) in [7, 11) is 0. The quantitative estimate of drug-likeness (QED) is 0.429. The van der Waals surface area contributed by atoms with Gasteiger partial charge in [0.2, 0.25) is 0 Å². The van der Waals surface area contributed by atoms with Gasteiger partial charge in [0.1, 0.15) is 11.6 Å². The minimum atomic E-state index is -0.165. The molecular weight excluding hydrogens is 465 g/mol. The van der Waals surface area contributed by atoms with Crippen LogP contribution in [0.15, 0.2) is 72.8 Å². The molecule has 0 aliphatic carbocycles. The number of piperazine rings is 1. The van der Waals surface area contributed by atoms with E-state index in [1.54, 1.807) is 12.1 Å². The Morgan fingerprint density at radius 2 is 1.65 bits per heavy atom. The van der Waals surface area contributed by atoms with Crippen LogP contribution in [0.25, 0.3) is 0 Å². The van der Waals surface area contributed by atoms with Crippen LogP contribution in [-0.2, 0) is 6.54 Å². The number of nitrogens with zero attached hydrogens (tertiary/aromatic N) is 3. The van der Waals surface area contributed by atoms with Crippen molar-refractivity contribution >= 4 is 5.91 Å². The third kappa shape index (κ3) is 6.03. The second-order valence-corrected chi connectivity index (χ2v) is 10.0. The fourth-order valence-corrected chi connectivity index (χ4v) is 5.42. The molecule has 0 radical (unpaired) electrons. The van der Waals surface area contributed by atoms with Gasteiger partial charge in [0.05, 0.1) is 6.04 Å². The Labute approximate surface area is 220 Å². The molecule has 3 aromatic carbocycles. The van der Waals surface area contributed by atoms with Crippen LogP contribution >= 0.6 is 0 Å². The maximum atomic E-state index is 14.4. The minimum absolute atomic E-state index is 0.0363. The van der Waals surface area contributed by atoms with E-state index in [1.807, 2.05) is 73.3 Å². The summed E-state index contributed by atoms with van der Waals surface area (Å²) < 4.78 is 14.4. The molecule has 1 amide bonds. The first-order chi connectivity index (χ1) is 17.8. The third-order valence-corrected chi connectivity index (χ3v) is 7.54. The van der Waals surface area contributed by atoms with E-state index in [-0.39, 0.29) is 35.6 Å². The Hall–Kier alpha value is -3.22. The summed E-state index contributed by atoms with van der Waals surface area (Å²) in [5.74, 6) is 0.102. The number of carbonyl (C=O) groups excluding carboxylic acids is 1. The Morgan fingerprint density at radius 1 is 0.946 bits per heavy atom. The van der Waals surface area contributed by atoms with E-state index in [0.717, 1.165) is 24.2 Å². The molecule has 0 spiro atoms. The number of rotatable bonds is 8. The summed E-state index contributed by atoms with van der Waals surface area (Å²) in [4.78, 5) is 19.5. The highest BCUT2D eigenvalue weighted by molar-refractivity contribution is 5.94. The number of hydrogen-bond acceptors (Lipinski definition) is 4. The molecular formula is C31H38FN3O2. The van der Waals surface area contributed by atoms with Gasteiger partial charge in [-0.05, 0) is 69.2 Å². The highest BCUT2D eigenvalue weighted by Crippen LogP contribution is 2.35. The lowest BCUT2D eigenvalue weighted by atomic mass is 9.92. The van der Waals surface area contributed by atoms with Crippen LogP contribution in [0.3, 0.4) is 0 Å². The van der Waals surface area contributed by atoms with E-state index >= 15 is 0 Å². The fraction of sp³-hybridized carbons (Fsp3) is 0.387. The first kappa shape index (κ1) is 26.8. The highest BCUT2D eigenvalue weighted by Gasteiger charge is 2.35. The minimum Gasteiger partial charge on any atom is -0.508 e. The van der Waals surface area contributed by atoms with Crippen LogP contribution in [0.5, 0.6) is 5.75 Å². The second-order valence-electron chi connectivity index (χ2n) is 10.0. The van der Waals surface area contributed by atoms with Crippen LogP contribution in [0.2, 0.25) is 0 Å². The topological polar surface area (TPSA) is 47.0 Å². The van der Waals surface area contributed by atoms with Crippen molar-refractivity contribution in [2.45, 2.75) is 52.4 Å². The van der Waals surface area contributed by atoms with Gasteiger partial charge in [-0.25, -0.2) is 4.39 Å². The molecule has 1 fully saturated rings. The molecule has 0 saturated carbocycles. The van der Waals surface area contributed by atoms with Gasteiger partial charge < -0.3 is 10.0 Å². The lowest BCUT2D eigenvalue weighted by Crippen LogP contribution is -2.56. The van der Waals surface area contributed by atoms with E-state index in [9.17, 15) is 14.3 Å². The largest absolute Gasteiger partial charge is 0.508 e. The fourth-order valence-electron chi connectivity index (χ4n) is 5.42. The second kappa shape index (κ2) is 11.9. The average Bonchev–Trinajstić information content (AvgIpc) is 2.89. The summed E-state index contributed by atoms with van der Waals surface area (Å²) in [5.41, 5.74) is 3.47. The molecule has 196 valence electrons. The number of benzene rings is 3. The number of phenolic OH excluding ortho intramolecular Hbond substituents is 1. The molecule has 37 heavy (non-hydrogen) atoms. The van der Waals surface area contributed by atoms with E-state index in [1.165, 1.54) is 6.07 Å². The molecule has 0 bridgehead atoms. The smallest absolute Gasteiger partial charge is 0.253 e. The van der Waals surface area contributed by atoms with Gasteiger partial charge in [-0.3, -0.25) is 14.6 Å². The lowest BCUT2D eigenvalue weighted by molar-refractivity contribution is 0.0190. The first-order valence-corrected chi connectivity index (χ1v) is 13.2. The standard InChI is InChI=1S/C31H38FN3O2/c1-5-33(6-2)31(37)25-16-14-24(15-17-25)30(26-11-9-12-28(36)18-26)35-20-22(3)34(19-23(35)4)21-27-10-7-8-13-29(27)32/h7-18,22-23,30,36H,5-6,19-21H2,1-4H3/t22-,23+,30-/m1/s1. The maximum absolute atomic E-state index is 14.4. The van der Waals surface area contributed by atoms with Crippen molar-refractivity contribution in [1.29, 1.82) is 0 Å². The molecule has 1 heterocycles. The van der Waals surface area contributed by atoms with Crippen molar-refractivity contribution in [1.82, 2.24) is 14.7 Å². The first-order valence-electron chi connectivity index (χ1n) is 13.2. The normalized spacial score (nSPS) is 19.5. The molecule has 0 aromatic heterocycles. The van der Waals surface area contributed by atoms with Crippen molar-refractivity contribution in [2.75, 3.05) is 26.2 Å². The Morgan fingerprint density at radius 3 is 2.30 bits per heavy atom. The van der Waals surface area contributed by atoms with E-state index in [4.69, 9.17) is 0 Å². The van der Waals surface area contributed by atoms with Gasteiger partial charge in [-0.15, -0.1) is 0 Å². The van der Waals surface area contributed by atoms with Crippen LogP contribution in [-0.4, -0.2) is 64.0 Å². The average molecular weight is 504 g/mol.